The number of benzene rings is 3. The van der Waals surface area contributed by atoms with Gasteiger partial charge in [0.1, 0.15) is 6.61 Å². The van der Waals surface area contributed by atoms with E-state index in [0.29, 0.717) is 13.2 Å². The number of halogens is 1. The maximum Gasteiger partial charge on any atom is 0.161 e. The monoisotopic (exact) mass is 395 g/mol. The first kappa shape index (κ1) is 20.2. The van der Waals surface area contributed by atoms with Crippen molar-refractivity contribution in [2.45, 2.75) is 33.0 Å². The molecule has 0 aliphatic heterocycles. The zero-order valence-corrected chi connectivity index (χ0v) is 17.1. The second-order valence-electron chi connectivity index (χ2n) is 6.64. The van der Waals surface area contributed by atoms with Gasteiger partial charge >= 0.3 is 0 Å². The zero-order chi connectivity index (χ0) is 19.8. The second-order valence-corrected chi connectivity index (χ2v) is 7.08. The summed E-state index contributed by atoms with van der Waals surface area (Å²) in [6.45, 7) is 5.97. The molecule has 0 aliphatic rings. The summed E-state index contributed by atoms with van der Waals surface area (Å²) in [4.78, 5) is 0. The molecule has 0 amide bonds. The van der Waals surface area contributed by atoms with Gasteiger partial charge in [-0.2, -0.15) is 0 Å². The van der Waals surface area contributed by atoms with Crippen molar-refractivity contribution in [3.8, 4) is 11.5 Å². The highest BCUT2D eigenvalue weighted by atomic mass is 35.5. The van der Waals surface area contributed by atoms with Crippen LogP contribution in [-0.2, 0) is 13.2 Å². The van der Waals surface area contributed by atoms with Crippen molar-refractivity contribution in [3.63, 3.8) is 0 Å². The molecule has 146 valence electrons. The predicted molar refractivity (Wildman–Crippen MR) is 115 cm³/mol. The summed E-state index contributed by atoms with van der Waals surface area (Å²) in [6.07, 6.45) is 0. The van der Waals surface area contributed by atoms with E-state index < -0.39 is 0 Å². The molecule has 0 bridgehead atoms. The Morgan fingerprint density at radius 2 is 1.57 bits per heavy atom. The summed E-state index contributed by atoms with van der Waals surface area (Å²) in [5, 5.41) is 4.28. The van der Waals surface area contributed by atoms with Crippen LogP contribution in [0.4, 0.5) is 0 Å². The van der Waals surface area contributed by atoms with Gasteiger partial charge in [0, 0.05) is 17.6 Å². The van der Waals surface area contributed by atoms with Crippen LogP contribution in [0, 0.1) is 0 Å². The summed E-state index contributed by atoms with van der Waals surface area (Å²) in [6, 6.07) is 24.5. The number of rotatable bonds is 9. The van der Waals surface area contributed by atoms with Gasteiger partial charge in [0.05, 0.1) is 6.61 Å². The fraction of sp³-hybridized carbons (Fsp3) is 0.250. The molecule has 0 heterocycles. The third kappa shape index (κ3) is 5.75. The van der Waals surface area contributed by atoms with Crippen molar-refractivity contribution >= 4 is 11.6 Å². The molecule has 0 aromatic heterocycles. The van der Waals surface area contributed by atoms with Gasteiger partial charge in [-0.3, -0.25) is 0 Å². The molecule has 0 saturated heterocycles. The molecule has 1 unspecified atom stereocenters. The van der Waals surface area contributed by atoms with Gasteiger partial charge < -0.3 is 14.8 Å². The average Bonchev–Trinajstić information content (AvgIpc) is 2.73. The van der Waals surface area contributed by atoms with Crippen LogP contribution in [0.5, 0.6) is 11.5 Å². The predicted octanol–water partition coefficient (Wildman–Crippen LogP) is 6.17. The topological polar surface area (TPSA) is 30.5 Å². The molecular formula is C24H26ClNO2. The molecule has 0 fully saturated rings. The molecular weight excluding hydrogens is 370 g/mol. The minimum absolute atomic E-state index is 0.276. The van der Waals surface area contributed by atoms with E-state index in [2.05, 4.69) is 42.6 Å². The standard InChI is InChI=1S/C24H26ClNO2/c1-3-27-24-15-20(16-26-18(2)21-7-5-4-6-8-21)11-14-23(24)28-17-19-9-12-22(25)13-10-19/h4-15,18,26H,3,16-17H2,1-2H3. The summed E-state index contributed by atoms with van der Waals surface area (Å²) < 4.78 is 11.8. The fourth-order valence-corrected chi connectivity index (χ4v) is 3.05. The Hall–Kier alpha value is -2.49. The van der Waals surface area contributed by atoms with Crippen molar-refractivity contribution in [1.82, 2.24) is 5.32 Å². The Bertz CT molecular complexity index is 866. The van der Waals surface area contributed by atoms with Crippen molar-refractivity contribution in [2.24, 2.45) is 0 Å². The third-order valence-electron chi connectivity index (χ3n) is 4.53. The molecule has 0 aliphatic carbocycles. The molecule has 0 saturated carbocycles. The van der Waals surface area contributed by atoms with Gasteiger partial charge in [0.2, 0.25) is 0 Å². The number of ether oxygens (including phenoxy) is 2. The van der Waals surface area contributed by atoms with Crippen molar-refractivity contribution in [2.75, 3.05) is 6.61 Å². The van der Waals surface area contributed by atoms with E-state index in [9.17, 15) is 0 Å². The molecule has 4 heteroatoms. The molecule has 1 N–H and O–H groups in total. The summed E-state index contributed by atoms with van der Waals surface area (Å²) in [5.74, 6) is 1.51. The maximum atomic E-state index is 5.98. The van der Waals surface area contributed by atoms with E-state index in [1.807, 2.05) is 49.4 Å². The van der Waals surface area contributed by atoms with Gasteiger partial charge in [0.25, 0.3) is 0 Å². The number of hydrogen-bond acceptors (Lipinski definition) is 3. The molecule has 0 spiro atoms. The van der Waals surface area contributed by atoms with Crippen molar-refractivity contribution < 1.29 is 9.47 Å². The molecule has 1 atom stereocenters. The van der Waals surface area contributed by atoms with Gasteiger partial charge in [-0.15, -0.1) is 0 Å². The minimum atomic E-state index is 0.276. The number of nitrogens with one attached hydrogen (secondary N) is 1. The first-order valence-electron chi connectivity index (χ1n) is 9.57. The smallest absolute Gasteiger partial charge is 0.161 e. The summed E-state index contributed by atoms with van der Waals surface area (Å²) >= 11 is 5.94. The molecule has 3 aromatic rings. The SMILES string of the molecule is CCOc1cc(CNC(C)c2ccccc2)ccc1OCc1ccc(Cl)cc1. The second kappa shape index (κ2) is 10.2. The van der Waals surface area contributed by atoms with Gasteiger partial charge in [-0.25, -0.2) is 0 Å². The van der Waals surface area contributed by atoms with Gasteiger partial charge in [0.15, 0.2) is 11.5 Å². The van der Waals surface area contributed by atoms with E-state index in [4.69, 9.17) is 21.1 Å². The first-order chi connectivity index (χ1) is 13.7. The minimum Gasteiger partial charge on any atom is -0.490 e. The van der Waals surface area contributed by atoms with E-state index in [1.54, 1.807) is 0 Å². The van der Waals surface area contributed by atoms with Crippen LogP contribution in [0.2, 0.25) is 5.02 Å². The van der Waals surface area contributed by atoms with Crippen molar-refractivity contribution in [1.29, 1.82) is 0 Å². The summed E-state index contributed by atoms with van der Waals surface area (Å²) in [7, 11) is 0. The summed E-state index contributed by atoms with van der Waals surface area (Å²) in [5.41, 5.74) is 3.50. The Balaban J connectivity index is 1.63. The Morgan fingerprint density at radius 3 is 2.29 bits per heavy atom. The molecule has 28 heavy (non-hydrogen) atoms. The molecule has 0 radical (unpaired) electrons. The van der Waals surface area contributed by atoms with Gasteiger partial charge in [-0.05, 0) is 54.8 Å². The quantitative estimate of drug-likeness (QED) is 0.470. The van der Waals surface area contributed by atoms with Crippen LogP contribution < -0.4 is 14.8 Å². The van der Waals surface area contributed by atoms with Crippen LogP contribution in [-0.4, -0.2) is 6.61 Å². The fourth-order valence-electron chi connectivity index (χ4n) is 2.92. The lowest BCUT2D eigenvalue weighted by Gasteiger charge is -2.16. The highest BCUT2D eigenvalue weighted by Gasteiger charge is 2.09. The lowest BCUT2D eigenvalue weighted by Crippen LogP contribution is -2.18. The van der Waals surface area contributed by atoms with Crippen LogP contribution in [0.1, 0.15) is 36.6 Å². The Kier molecular flexibility index (Phi) is 7.35. The van der Waals surface area contributed by atoms with E-state index in [0.717, 1.165) is 34.2 Å². The average molecular weight is 396 g/mol. The highest BCUT2D eigenvalue weighted by Crippen LogP contribution is 2.29. The third-order valence-corrected chi connectivity index (χ3v) is 4.78. The normalized spacial score (nSPS) is 11.8. The van der Waals surface area contributed by atoms with E-state index in [-0.39, 0.29) is 6.04 Å². The largest absolute Gasteiger partial charge is 0.490 e. The lowest BCUT2D eigenvalue weighted by atomic mass is 10.1. The maximum absolute atomic E-state index is 5.98. The van der Waals surface area contributed by atoms with E-state index in [1.165, 1.54) is 5.56 Å². The first-order valence-corrected chi connectivity index (χ1v) is 9.95. The van der Waals surface area contributed by atoms with Crippen LogP contribution in [0.25, 0.3) is 0 Å². The Morgan fingerprint density at radius 1 is 0.857 bits per heavy atom. The van der Waals surface area contributed by atoms with Crippen molar-refractivity contribution in [3.05, 3.63) is 94.5 Å². The molecule has 3 aromatic carbocycles. The Labute approximate surface area is 172 Å². The molecule has 3 nitrogen and oxygen atoms in total. The lowest BCUT2D eigenvalue weighted by molar-refractivity contribution is 0.269. The van der Waals surface area contributed by atoms with Crippen LogP contribution in [0.3, 0.4) is 0 Å². The van der Waals surface area contributed by atoms with E-state index >= 15 is 0 Å². The van der Waals surface area contributed by atoms with Crippen LogP contribution in [0.15, 0.2) is 72.8 Å². The zero-order valence-electron chi connectivity index (χ0n) is 16.3. The van der Waals surface area contributed by atoms with Gasteiger partial charge in [-0.1, -0.05) is 60.1 Å². The number of hydrogen-bond donors (Lipinski definition) is 1. The molecule has 3 rings (SSSR count). The van der Waals surface area contributed by atoms with Crippen LogP contribution >= 0.6 is 11.6 Å². The highest BCUT2D eigenvalue weighted by molar-refractivity contribution is 6.30.